The Morgan fingerprint density at radius 3 is 2.58 bits per heavy atom. The summed E-state index contributed by atoms with van der Waals surface area (Å²) in [4.78, 5) is 14.6. The summed E-state index contributed by atoms with van der Waals surface area (Å²) in [6.07, 6.45) is 0. The molecule has 1 aromatic heterocycles. The zero-order valence-corrected chi connectivity index (χ0v) is 13.8. The highest BCUT2D eigenvalue weighted by Gasteiger charge is 2.11. The third-order valence-corrected chi connectivity index (χ3v) is 4.51. The van der Waals surface area contributed by atoms with E-state index in [-0.39, 0.29) is 5.69 Å². The van der Waals surface area contributed by atoms with Crippen molar-refractivity contribution in [2.75, 3.05) is 0 Å². The molecule has 0 fully saturated rings. The Morgan fingerprint density at radius 1 is 1.12 bits per heavy atom. The van der Waals surface area contributed by atoms with Crippen LogP contribution in [0.1, 0.15) is 17.0 Å². The number of aryl methyl sites for hydroxylation is 1. The monoisotopic (exact) mass is 341 g/mol. The molecule has 3 rings (SSSR count). The lowest BCUT2D eigenvalue weighted by Crippen LogP contribution is -1.88. The number of aromatic nitrogens is 2. The van der Waals surface area contributed by atoms with Gasteiger partial charge in [0.15, 0.2) is 0 Å². The van der Waals surface area contributed by atoms with Crippen molar-refractivity contribution in [1.29, 1.82) is 0 Å². The first-order valence-electron chi connectivity index (χ1n) is 7.33. The van der Waals surface area contributed by atoms with Crippen LogP contribution in [0.5, 0.6) is 0 Å². The molecule has 0 radical (unpaired) electrons. The van der Waals surface area contributed by atoms with Crippen molar-refractivity contribution in [1.82, 2.24) is 10.1 Å². The smallest absolute Gasteiger partial charge is 0.269 e. The minimum atomic E-state index is -0.437. The van der Waals surface area contributed by atoms with Gasteiger partial charge in [-0.15, -0.1) is 11.8 Å². The third kappa shape index (κ3) is 3.80. The van der Waals surface area contributed by atoms with Gasteiger partial charge < -0.3 is 4.52 Å². The average Bonchev–Trinajstić information content (AvgIpc) is 3.05. The second-order valence-corrected chi connectivity index (χ2v) is 6.22. The number of thioether (sulfide) groups is 1. The van der Waals surface area contributed by atoms with E-state index in [4.69, 9.17) is 4.52 Å². The van der Waals surface area contributed by atoms with E-state index >= 15 is 0 Å². The summed E-state index contributed by atoms with van der Waals surface area (Å²) in [6, 6.07) is 14.4. The Bertz CT molecular complexity index is 846. The van der Waals surface area contributed by atoms with E-state index in [0.29, 0.717) is 23.0 Å². The summed E-state index contributed by atoms with van der Waals surface area (Å²) in [7, 11) is 0. The summed E-state index contributed by atoms with van der Waals surface area (Å²) >= 11 is 1.70. The molecule has 0 spiro atoms. The maximum atomic E-state index is 10.7. The van der Waals surface area contributed by atoms with Crippen LogP contribution in [0.3, 0.4) is 0 Å². The largest absolute Gasteiger partial charge is 0.338 e. The fraction of sp³-hybridized carbons (Fsp3) is 0.176. The molecule has 0 aliphatic rings. The Kier molecular flexibility index (Phi) is 4.90. The van der Waals surface area contributed by atoms with Gasteiger partial charge in [0, 0.05) is 23.4 Å². The highest BCUT2D eigenvalue weighted by atomic mass is 32.2. The van der Waals surface area contributed by atoms with Crippen molar-refractivity contribution in [3.05, 3.63) is 75.7 Å². The lowest BCUT2D eigenvalue weighted by atomic mass is 10.1. The molecule has 0 saturated heterocycles. The molecular formula is C17H15N3O3S. The van der Waals surface area contributed by atoms with Crippen LogP contribution in [0.4, 0.5) is 5.69 Å². The average molecular weight is 341 g/mol. The zero-order valence-electron chi connectivity index (χ0n) is 13.0. The quantitative estimate of drug-likeness (QED) is 0.488. The van der Waals surface area contributed by atoms with Crippen LogP contribution >= 0.6 is 11.8 Å². The van der Waals surface area contributed by atoms with E-state index in [0.717, 1.165) is 5.75 Å². The third-order valence-electron chi connectivity index (χ3n) is 3.55. The van der Waals surface area contributed by atoms with Gasteiger partial charge in [-0.1, -0.05) is 29.4 Å². The van der Waals surface area contributed by atoms with Crippen molar-refractivity contribution in [3.8, 4) is 11.4 Å². The van der Waals surface area contributed by atoms with E-state index in [2.05, 4.69) is 29.2 Å². The number of benzene rings is 2. The number of nitro groups is 1. The van der Waals surface area contributed by atoms with Gasteiger partial charge in [0.25, 0.3) is 5.69 Å². The van der Waals surface area contributed by atoms with Crippen molar-refractivity contribution in [2.24, 2.45) is 0 Å². The van der Waals surface area contributed by atoms with Crippen molar-refractivity contribution >= 4 is 17.4 Å². The predicted molar refractivity (Wildman–Crippen MR) is 92.6 cm³/mol. The molecule has 0 atom stereocenters. The van der Waals surface area contributed by atoms with Crippen LogP contribution < -0.4 is 0 Å². The van der Waals surface area contributed by atoms with Gasteiger partial charge in [0.1, 0.15) is 0 Å². The SMILES string of the molecule is Cc1ccccc1CSCc1nc(-c2ccc([N+](=O)[O-])cc2)no1. The first-order chi connectivity index (χ1) is 11.6. The van der Waals surface area contributed by atoms with Crippen LogP contribution in [0, 0.1) is 17.0 Å². The first kappa shape index (κ1) is 16.2. The summed E-state index contributed by atoms with van der Waals surface area (Å²) in [5.74, 6) is 2.48. The van der Waals surface area contributed by atoms with Crippen LogP contribution in [0.2, 0.25) is 0 Å². The van der Waals surface area contributed by atoms with Crippen LogP contribution in [-0.4, -0.2) is 15.1 Å². The molecule has 122 valence electrons. The molecule has 24 heavy (non-hydrogen) atoms. The summed E-state index contributed by atoms with van der Waals surface area (Å²) in [6.45, 7) is 2.09. The van der Waals surface area contributed by atoms with Gasteiger partial charge in [-0.25, -0.2) is 0 Å². The number of hydrogen-bond acceptors (Lipinski definition) is 6. The Hall–Kier alpha value is -2.67. The van der Waals surface area contributed by atoms with E-state index in [9.17, 15) is 10.1 Å². The van der Waals surface area contributed by atoms with Crippen molar-refractivity contribution < 1.29 is 9.45 Å². The number of nitro benzene ring substituents is 1. The Labute approximate surface area is 143 Å². The van der Waals surface area contributed by atoms with Gasteiger partial charge in [0.05, 0.1) is 10.7 Å². The molecule has 6 nitrogen and oxygen atoms in total. The summed E-state index contributed by atoms with van der Waals surface area (Å²) < 4.78 is 5.25. The maximum Gasteiger partial charge on any atom is 0.269 e. The number of nitrogens with zero attached hydrogens (tertiary/aromatic N) is 3. The van der Waals surface area contributed by atoms with E-state index < -0.39 is 4.92 Å². The maximum absolute atomic E-state index is 10.7. The molecule has 3 aromatic rings. The molecule has 7 heteroatoms. The molecule has 2 aromatic carbocycles. The van der Waals surface area contributed by atoms with E-state index in [1.807, 2.05) is 12.1 Å². The molecule has 0 N–H and O–H groups in total. The minimum Gasteiger partial charge on any atom is -0.338 e. The molecule has 0 unspecified atom stereocenters. The fourth-order valence-corrected chi connectivity index (χ4v) is 3.12. The molecule has 0 amide bonds. The van der Waals surface area contributed by atoms with Crippen LogP contribution in [0.25, 0.3) is 11.4 Å². The molecule has 0 aliphatic carbocycles. The Morgan fingerprint density at radius 2 is 1.88 bits per heavy atom. The van der Waals surface area contributed by atoms with Gasteiger partial charge in [-0.05, 0) is 30.2 Å². The number of rotatable bonds is 6. The van der Waals surface area contributed by atoms with Gasteiger partial charge in [-0.3, -0.25) is 10.1 Å². The standard InChI is InChI=1S/C17H15N3O3S/c1-12-4-2-3-5-14(12)10-24-11-16-18-17(19-23-16)13-6-8-15(9-7-13)20(21)22/h2-9H,10-11H2,1H3. The van der Waals surface area contributed by atoms with Crippen molar-refractivity contribution in [2.45, 2.75) is 18.4 Å². The number of hydrogen-bond donors (Lipinski definition) is 0. The van der Waals surface area contributed by atoms with Crippen LogP contribution in [0.15, 0.2) is 53.1 Å². The van der Waals surface area contributed by atoms with Gasteiger partial charge >= 0.3 is 0 Å². The normalized spacial score (nSPS) is 10.7. The molecule has 0 saturated carbocycles. The minimum absolute atomic E-state index is 0.0382. The van der Waals surface area contributed by atoms with E-state index in [1.54, 1.807) is 23.9 Å². The highest BCUT2D eigenvalue weighted by molar-refractivity contribution is 7.97. The lowest BCUT2D eigenvalue weighted by molar-refractivity contribution is -0.384. The molecule has 1 heterocycles. The number of non-ortho nitro benzene ring substituents is 1. The predicted octanol–water partition coefficient (Wildman–Crippen LogP) is 4.39. The van der Waals surface area contributed by atoms with Gasteiger partial charge in [-0.2, -0.15) is 4.98 Å². The molecule has 0 bridgehead atoms. The summed E-state index contributed by atoms with van der Waals surface area (Å²) in [5, 5.41) is 14.6. The molecule has 0 aliphatic heterocycles. The summed E-state index contributed by atoms with van der Waals surface area (Å²) in [5.41, 5.74) is 3.29. The second-order valence-electron chi connectivity index (χ2n) is 5.23. The van der Waals surface area contributed by atoms with E-state index in [1.165, 1.54) is 23.3 Å². The fourth-order valence-electron chi connectivity index (χ4n) is 2.18. The second kappa shape index (κ2) is 7.27. The van der Waals surface area contributed by atoms with Crippen LogP contribution in [-0.2, 0) is 11.5 Å². The molecular weight excluding hydrogens is 326 g/mol. The topological polar surface area (TPSA) is 82.1 Å². The van der Waals surface area contributed by atoms with Crippen molar-refractivity contribution in [3.63, 3.8) is 0 Å². The Balaban J connectivity index is 1.61. The van der Waals surface area contributed by atoms with Gasteiger partial charge in [0.2, 0.25) is 11.7 Å². The first-order valence-corrected chi connectivity index (χ1v) is 8.48. The highest BCUT2D eigenvalue weighted by Crippen LogP contribution is 2.23. The lowest BCUT2D eigenvalue weighted by Gasteiger charge is -2.03. The zero-order chi connectivity index (χ0) is 16.9.